The molecule has 0 fully saturated rings. The molecule has 51 heavy (non-hydrogen) atoms. The molecule has 1 heterocycles. The number of nitrogens with one attached hydrogen (secondary N) is 2. The molecule has 0 saturated carbocycles. The van der Waals surface area contributed by atoms with Crippen molar-refractivity contribution in [3.8, 4) is 0 Å². The number of amides is 4. The van der Waals surface area contributed by atoms with Crippen LogP contribution in [0.25, 0.3) is 10.8 Å². The minimum absolute atomic E-state index is 0.0160. The second-order valence-corrected chi connectivity index (χ2v) is 13.5. The number of hydrogen-bond donors (Lipinski definition) is 4. The fraction of sp³-hybridized carbons (Fsp3) is 0.436. The van der Waals surface area contributed by atoms with Crippen molar-refractivity contribution in [2.45, 2.75) is 91.0 Å². The number of carbonyl (C=O) groups excluding carboxylic acids is 4. The van der Waals surface area contributed by atoms with Gasteiger partial charge in [-0.2, -0.15) is 0 Å². The molecule has 12 nitrogen and oxygen atoms in total. The lowest BCUT2D eigenvalue weighted by Crippen LogP contribution is -2.55. The number of nitrogens with zero attached hydrogens (tertiary/aromatic N) is 3. The SMILES string of the molecule is CCCCN(NC(=O)[C@H](CC1=CN(C(=O)[C@H](C)N)CN1c1cccc2ccccc12)NC(=O)OCc1ccccc1)C(=O)C[C@@H](O)CCC(C)C. The first-order valence-corrected chi connectivity index (χ1v) is 17.7. The van der Waals surface area contributed by atoms with Crippen LogP contribution in [0.1, 0.15) is 71.8 Å². The van der Waals surface area contributed by atoms with Gasteiger partial charge in [-0.25, -0.2) is 4.79 Å². The van der Waals surface area contributed by atoms with Crippen LogP contribution in [0.2, 0.25) is 0 Å². The average molecular weight is 701 g/mol. The van der Waals surface area contributed by atoms with Crippen LogP contribution in [-0.4, -0.2) is 70.2 Å². The van der Waals surface area contributed by atoms with Gasteiger partial charge in [0.15, 0.2) is 0 Å². The van der Waals surface area contributed by atoms with E-state index in [-0.39, 0.29) is 38.6 Å². The molecule has 1 aliphatic heterocycles. The Morgan fingerprint density at radius 1 is 0.961 bits per heavy atom. The van der Waals surface area contributed by atoms with E-state index in [1.165, 1.54) is 9.91 Å². The quantitative estimate of drug-likeness (QED) is 0.149. The Labute approximate surface area is 300 Å². The number of carbonyl (C=O) groups is 4. The van der Waals surface area contributed by atoms with Gasteiger partial charge in [0.05, 0.1) is 24.3 Å². The third-order valence-electron chi connectivity index (χ3n) is 8.68. The van der Waals surface area contributed by atoms with Crippen LogP contribution in [-0.2, 0) is 25.7 Å². The Kier molecular flexibility index (Phi) is 14.4. The van der Waals surface area contributed by atoms with Crippen molar-refractivity contribution in [3.05, 3.63) is 90.3 Å². The van der Waals surface area contributed by atoms with Gasteiger partial charge in [-0.1, -0.05) is 93.9 Å². The summed E-state index contributed by atoms with van der Waals surface area (Å²) in [6.07, 6.45) is 2.37. The number of alkyl carbamates (subject to hydrolysis) is 1. The second-order valence-electron chi connectivity index (χ2n) is 13.5. The smallest absolute Gasteiger partial charge is 0.408 e. The molecule has 4 amide bonds. The molecule has 3 aromatic rings. The standard InChI is InChI=1S/C39H52N6O6/c1-5-6-21-45(36(47)23-32(46)20-19-27(2)3)42-37(48)34(41-39(50)51-25-29-13-8-7-9-14-29)22-31-24-43(38(49)28(4)40)26-44(31)35-18-12-16-30-15-10-11-17-33(30)35/h7-18,24,27-28,32,34,46H,5-6,19-23,25-26,40H2,1-4H3,(H,41,50)(H,42,48)/t28-,32-,34-/m0/s1. The number of nitrogens with two attached hydrogens (primary N) is 1. The van der Waals surface area contributed by atoms with E-state index in [4.69, 9.17) is 10.5 Å². The number of aliphatic hydroxyl groups is 1. The van der Waals surface area contributed by atoms with E-state index in [9.17, 15) is 24.3 Å². The Morgan fingerprint density at radius 2 is 1.67 bits per heavy atom. The Balaban J connectivity index is 1.63. The highest BCUT2D eigenvalue weighted by atomic mass is 16.5. The maximum Gasteiger partial charge on any atom is 0.408 e. The molecule has 0 aliphatic carbocycles. The maximum atomic E-state index is 14.1. The molecule has 0 aromatic heterocycles. The van der Waals surface area contributed by atoms with Crippen molar-refractivity contribution in [2.75, 3.05) is 18.1 Å². The third-order valence-corrected chi connectivity index (χ3v) is 8.68. The zero-order valence-corrected chi connectivity index (χ0v) is 30.1. The van der Waals surface area contributed by atoms with E-state index in [0.717, 1.165) is 34.9 Å². The van der Waals surface area contributed by atoms with Crippen LogP contribution in [0.15, 0.2) is 84.7 Å². The predicted octanol–water partition coefficient (Wildman–Crippen LogP) is 5.17. The van der Waals surface area contributed by atoms with Crippen molar-refractivity contribution >= 4 is 40.3 Å². The minimum atomic E-state index is -1.22. The Hall–Kier alpha value is -4.94. The molecule has 5 N–H and O–H groups in total. The largest absolute Gasteiger partial charge is 0.445 e. The number of benzene rings is 3. The molecule has 0 bridgehead atoms. The number of fused-ring (bicyclic) bond motifs is 1. The van der Waals surface area contributed by atoms with E-state index in [2.05, 4.69) is 10.7 Å². The molecule has 1 aliphatic rings. The lowest BCUT2D eigenvalue weighted by Gasteiger charge is -2.29. The lowest BCUT2D eigenvalue weighted by atomic mass is 10.0. The zero-order chi connectivity index (χ0) is 36.9. The van der Waals surface area contributed by atoms with Gasteiger partial charge in [0.2, 0.25) is 11.8 Å². The summed E-state index contributed by atoms with van der Waals surface area (Å²) in [6, 6.07) is 20.9. The Morgan fingerprint density at radius 3 is 2.37 bits per heavy atom. The van der Waals surface area contributed by atoms with Crippen LogP contribution in [0.4, 0.5) is 10.5 Å². The lowest BCUT2D eigenvalue weighted by molar-refractivity contribution is -0.144. The summed E-state index contributed by atoms with van der Waals surface area (Å²) in [6.45, 7) is 8.03. The van der Waals surface area contributed by atoms with Crippen LogP contribution in [0, 0.1) is 5.92 Å². The van der Waals surface area contributed by atoms with Gasteiger partial charge in [0.1, 0.15) is 19.3 Å². The average Bonchev–Trinajstić information content (AvgIpc) is 3.54. The van der Waals surface area contributed by atoms with Gasteiger partial charge >= 0.3 is 6.09 Å². The highest BCUT2D eigenvalue weighted by Crippen LogP contribution is 2.34. The summed E-state index contributed by atoms with van der Waals surface area (Å²) in [5.41, 5.74) is 10.9. The van der Waals surface area contributed by atoms with Crippen molar-refractivity contribution in [2.24, 2.45) is 11.7 Å². The van der Waals surface area contributed by atoms with Gasteiger partial charge in [-0.3, -0.25) is 29.7 Å². The van der Waals surface area contributed by atoms with Crippen molar-refractivity contribution in [1.29, 1.82) is 0 Å². The highest BCUT2D eigenvalue weighted by molar-refractivity contribution is 5.96. The maximum absolute atomic E-state index is 14.1. The molecule has 3 aromatic carbocycles. The highest BCUT2D eigenvalue weighted by Gasteiger charge is 2.34. The monoisotopic (exact) mass is 700 g/mol. The van der Waals surface area contributed by atoms with Gasteiger partial charge in [-0.15, -0.1) is 0 Å². The first-order valence-electron chi connectivity index (χ1n) is 17.7. The molecule has 4 rings (SSSR count). The van der Waals surface area contributed by atoms with Gasteiger partial charge < -0.3 is 25.8 Å². The molecular formula is C39H52N6O6. The fourth-order valence-electron chi connectivity index (χ4n) is 5.80. The van der Waals surface area contributed by atoms with Crippen LogP contribution < -0.4 is 21.4 Å². The third kappa shape index (κ3) is 11.3. The van der Waals surface area contributed by atoms with E-state index < -0.39 is 36.1 Å². The molecule has 0 saturated heterocycles. The molecule has 274 valence electrons. The number of aliphatic hydroxyl groups excluding tert-OH is 1. The number of ether oxygens (including phenoxy) is 1. The summed E-state index contributed by atoms with van der Waals surface area (Å²) in [5, 5.41) is 16.4. The van der Waals surface area contributed by atoms with Crippen molar-refractivity contribution in [3.63, 3.8) is 0 Å². The van der Waals surface area contributed by atoms with Crippen LogP contribution >= 0.6 is 0 Å². The first kappa shape index (κ1) is 38.9. The summed E-state index contributed by atoms with van der Waals surface area (Å²) in [5.74, 6) is -1.01. The van der Waals surface area contributed by atoms with Gasteiger partial charge in [0.25, 0.3) is 5.91 Å². The molecule has 0 unspecified atom stereocenters. The second kappa shape index (κ2) is 18.9. The van der Waals surface area contributed by atoms with Crippen LogP contribution in [0.3, 0.4) is 0 Å². The van der Waals surface area contributed by atoms with E-state index >= 15 is 0 Å². The van der Waals surface area contributed by atoms with E-state index in [1.807, 2.05) is 98.5 Å². The molecule has 0 radical (unpaired) electrons. The van der Waals surface area contributed by atoms with Crippen molar-refractivity contribution in [1.82, 2.24) is 20.7 Å². The fourth-order valence-corrected chi connectivity index (χ4v) is 5.80. The van der Waals surface area contributed by atoms with E-state index in [0.29, 0.717) is 24.5 Å². The summed E-state index contributed by atoms with van der Waals surface area (Å²) in [7, 11) is 0. The Bertz CT molecular complexity index is 1660. The topological polar surface area (TPSA) is 158 Å². The normalized spacial score (nSPS) is 14.5. The molecule has 12 heteroatoms. The summed E-state index contributed by atoms with van der Waals surface area (Å²) < 4.78 is 5.49. The number of unbranched alkanes of at least 4 members (excludes halogenated alkanes) is 1. The number of rotatable bonds is 16. The molecular weight excluding hydrogens is 648 g/mol. The summed E-state index contributed by atoms with van der Waals surface area (Å²) in [4.78, 5) is 57.3. The molecule has 3 atom stereocenters. The van der Waals surface area contributed by atoms with Gasteiger partial charge in [0, 0.05) is 30.2 Å². The van der Waals surface area contributed by atoms with Crippen molar-refractivity contribution < 1.29 is 29.0 Å². The van der Waals surface area contributed by atoms with Crippen LogP contribution in [0.5, 0.6) is 0 Å². The first-order chi connectivity index (χ1) is 24.5. The van der Waals surface area contributed by atoms with Gasteiger partial charge in [-0.05, 0) is 49.1 Å². The number of hydrogen-bond acceptors (Lipinski definition) is 8. The minimum Gasteiger partial charge on any atom is -0.445 e. The number of hydrazine groups is 1. The van der Waals surface area contributed by atoms with E-state index in [1.54, 1.807) is 13.1 Å². The summed E-state index contributed by atoms with van der Waals surface area (Å²) >= 11 is 0. The molecule has 0 spiro atoms. The predicted molar refractivity (Wildman–Crippen MR) is 197 cm³/mol. The zero-order valence-electron chi connectivity index (χ0n) is 30.1. The number of anilines is 1.